The van der Waals surface area contributed by atoms with Crippen molar-refractivity contribution in [3.8, 4) is 0 Å². The van der Waals surface area contributed by atoms with Crippen LogP contribution < -0.4 is 5.32 Å². The Hall–Kier alpha value is -1.40. The van der Waals surface area contributed by atoms with E-state index in [9.17, 15) is 14.8 Å². The maximum atomic E-state index is 12.3. The minimum absolute atomic E-state index is 0.161. The highest BCUT2D eigenvalue weighted by molar-refractivity contribution is 5.89. The van der Waals surface area contributed by atoms with Gasteiger partial charge < -0.3 is 10.1 Å². The Morgan fingerprint density at radius 2 is 2.17 bits per heavy atom. The molecule has 2 atom stereocenters. The number of carbonyl (C=O) groups is 2. The summed E-state index contributed by atoms with van der Waals surface area (Å²) < 4.78 is 5.27. The summed E-state index contributed by atoms with van der Waals surface area (Å²) in [6.07, 6.45) is 8.12. The van der Waals surface area contributed by atoms with Crippen molar-refractivity contribution in [1.29, 1.82) is 0 Å². The number of carbonyl (C=O) groups excluding carboxylic acids is 2. The minimum atomic E-state index is -0.663. The number of nitrogens with one attached hydrogen (secondary N) is 1. The predicted octanol–water partition coefficient (Wildman–Crippen LogP) is 2.66. The van der Waals surface area contributed by atoms with Gasteiger partial charge in [0.2, 0.25) is 5.91 Å². The van der Waals surface area contributed by atoms with Crippen molar-refractivity contribution < 1.29 is 19.5 Å². The second kappa shape index (κ2) is 9.79. The van der Waals surface area contributed by atoms with E-state index in [-0.39, 0.29) is 11.3 Å². The first-order chi connectivity index (χ1) is 11.2. The SMILES string of the molecule is COC(CCC/C=C/C(C)(C)C)C(=O)NC1CCCCN(O)C1=O. The lowest BCUT2D eigenvalue weighted by Gasteiger charge is -2.22. The van der Waals surface area contributed by atoms with Crippen molar-refractivity contribution in [3.63, 3.8) is 0 Å². The van der Waals surface area contributed by atoms with Crippen LogP contribution in [0.1, 0.15) is 59.3 Å². The highest BCUT2D eigenvalue weighted by atomic mass is 16.5. The first-order valence-corrected chi connectivity index (χ1v) is 8.75. The van der Waals surface area contributed by atoms with Crippen LogP contribution in [0.15, 0.2) is 12.2 Å². The van der Waals surface area contributed by atoms with Gasteiger partial charge in [0.05, 0.1) is 0 Å². The van der Waals surface area contributed by atoms with Crippen LogP contribution in [-0.4, -0.2) is 47.9 Å². The number of allylic oxidation sites excluding steroid dienone is 2. The van der Waals surface area contributed by atoms with E-state index in [4.69, 9.17) is 4.74 Å². The zero-order valence-electron chi connectivity index (χ0n) is 15.4. The molecule has 1 saturated heterocycles. The van der Waals surface area contributed by atoms with Gasteiger partial charge in [0.1, 0.15) is 12.1 Å². The van der Waals surface area contributed by atoms with Crippen LogP contribution in [0.25, 0.3) is 0 Å². The lowest BCUT2D eigenvalue weighted by atomic mass is 9.95. The van der Waals surface area contributed by atoms with Crippen molar-refractivity contribution in [2.75, 3.05) is 13.7 Å². The third-order valence-electron chi connectivity index (χ3n) is 4.01. The summed E-state index contributed by atoms with van der Waals surface area (Å²) in [5.74, 6) is -0.727. The van der Waals surface area contributed by atoms with E-state index in [0.717, 1.165) is 25.7 Å². The summed E-state index contributed by atoms with van der Waals surface area (Å²) in [6, 6.07) is -0.663. The quantitative estimate of drug-likeness (QED) is 0.424. The van der Waals surface area contributed by atoms with Crippen LogP contribution in [0.2, 0.25) is 0 Å². The first kappa shape index (κ1) is 20.6. The van der Waals surface area contributed by atoms with Crippen LogP contribution in [0, 0.1) is 5.41 Å². The monoisotopic (exact) mass is 340 g/mol. The van der Waals surface area contributed by atoms with Crippen LogP contribution in [0.5, 0.6) is 0 Å². The Balaban J connectivity index is 2.45. The van der Waals surface area contributed by atoms with Crippen LogP contribution >= 0.6 is 0 Å². The molecule has 1 heterocycles. The highest BCUT2D eigenvalue weighted by Crippen LogP contribution is 2.16. The molecule has 6 nitrogen and oxygen atoms in total. The Kier molecular flexibility index (Phi) is 8.42. The van der Waals surface area contributed by atoms with Crippen molar-refractivity contribution in [2.24, 2.45) is 5.41 Å². The number of ether oxygens (including phenoxy) is 1. The summed E-state index contributed by atoms with van der Waals surface area (Å²) in [6.45, 7) is 6.74. The van der Waals surface area contributed by atoms with Gasteiger partial charge >= 0.3 is 0 Å². The fraction of sp³-hybridized carbons (Fsp3) is 0.778. The number of amides is 2. The van der Waals surface area contributed by atoms with Crippen molar-refractivity contribution in [1.82, 2.24) is 10.4 Å². The Labute approximate surface area is 145 Å². The molecule has 1 rings (SSSR count). The smallest absolute Gasteiger partial charge is 0.268 e. The highest BCUT2D eigenvalue weighted by Gasteiger charge is 2.29. The number of nitrogens with zero attached hydrogens (tertiary/aromatic N) is 1. The van der Waals surface area contributed by atoms with Gasteiger partial charge in [0.15, 0.2) is 0 Å². The number of hydrogen-bond acceptors (Lipinski definition) is 4. The number of methoxy groups -OCH3 is 1. The van der Waals surface area contributed by atoms with Gasteiger partial charge in [0, 0.05) is 13.7 Å². The summed E-state index contributed by atoms with van der Waals surface area (Å²) >= 11 is 0. The van der Waals surface area contributed by atoms with Gasteiger partial charge in [-0.15, -0.1) is 0 Å². The molecule has 0 spiro atoms. The lowest BCUT2D eigenvalue weighted by molar-refractivity contribution is -0.167. The second-order valence-corrected chi connectivity index (χ2v) is 7.44. The average Bonchev–Trinajstić information content (AvgIpc) is 2.65. The van der Waals surface area contributed by atoms with Gasteiger partial charge in [-0.05, 0) is 43.9 Å². The molecule has 6 heteroatoms. The molecule has 2 N–H and O–H groups in total. The van der Waals surface area contributed by atoms with E-state index in [0.29, 0.717) is 24.4 Å². The van der Waals surface area contributed by atoms with Crippen molar-refractivity contribution in [3.05, 3.63) is 12.2 Å². The van der Waals surface area contributed by atoms with Crippen LogP contribution in [-0.2, 0) is 14.3 Å². The Morgan fingerprint density at radius 1 is 1.46 bits per heavy atom. The standard InChI is InChI=1S/C18H32N2O4/c1-18(2,3)12-8-5-6-11-15(24-4)16(21)19-14-10-7-9-13-20(23)17(14)22/h8,12,14-15,23H,5-7,9-11,13H2,1-4H3,(H,19,21)/b12-8+. The normalized spacial score (nSPS) is 21.0. The number of hydroxylamine groups is 2. The number of unbranched alkanes of at least 4 members (excludes halogenated alkanes) is 1. The second-order valence-electron chi connectivity index (χ2n) is 7.44. The predicted molar refractivity (Wildman–Crippen MR) is 92.5 cm³/mol. The van der Waals surface area contributed by atoms with Crippen molar-refractivity contribution in [2.45, 2.75) is 71.4 Å². The number of hydrogen-bond donors (Lipinski definition) is 2. The van der Waals surface area contributed by atoms with E-state index >= 15 is 0 Å². The molecule has 24 heavy (non-hydrogen) atoms. The summed E-state index contributed by atoms with van der Waals surface area (Å²) in [7, 11) is 1.50. The molecule has 2 amide bonds. The zero-order valence-corrected chi connectivity index (χ0v) is 15.4. The fourth-order valence-corrected chi connectivity index (χ4v) is 2.64. The molecule has 0 aromatic rings. The van der Waals surface area contributed by atoms with E-state index in [1.807, 2.05) is 0 Å². The molecule has 0 aromatic carbocycles. The zero-order chi connectivity index (χ0) is 18.2. The third kappa shape index (κ3) is 7.45. The van der Waals surface area contributed by atoms with Gasteiger partial charge in [-0.3, -0.25) is 14.8 Å². The molecule has 138 valence electrons. The minimum Gasteiger partial charge on any atom is -0.372 e. The lowest BCUT2D eigenvalue weighted by Crippen LogP contribution is -2.49. The van der Waals surface area contributed by atoms with E-state index < -0.39 is 18.1 Å². The summed E-state index contributed by atoms with van der Waals surface area (Å²) in [5, 5.41) is 13.0. The third-order valence-corrected chi connectivity index (χ3v) is 4.01. The number of rotatable bonds is 7. The maximum Gasteiger partial charge on any atom is 0.268 e. The average molecular weight is 340 g/mol. The Bertz CT molecular complexity index is 443. The van der Waals surface area contributed by atoms with Gasteiger partial charge in [0.25, 0.3) is 5.91 Å². The molecule has 2 unspecified atom stereocenters. The van der Waals surface area contributed by atoms with Crippen LogP contribution in [0.3, 0.4) is 0 Å². The molecule has 0 radical (unpaired) electrons. The molecule has 1 fully saturated rings. The molecular weight excluding hydrogens is 308 g/mol. The van der Waals surface area contributed by atoms with E-state index in [1.165, 1.54) is 7.11 Å². The first-order valence-electron chi connectivity index (χ1n) is 8.75. The molecule has 1 aliphatic heterocycles. The fourth-order valence-electron chi connectivity index (χ4n) is 2.64. The molecule has 0 saturated carbocycles. The molecular formula is C18H32N2O4. The van der Waals surface area contributed by atoms with Crippen molar-refractivity contribution >= 4 is 11.8 Å². The molecule has 1 aliphatic rings. The van der Waals surface area contributed by atoms with Gasteiger partial charge in [-0.1, -0.05) is 32.9 Å². The molecule has 0 bridgehead atoms. The molecule has 0 aliphatic carbocycles. The molecule has 0 aromatic heterocycles. The van der Waals surface area contributed by atoms with Crippen LogP contribution in [0.4, 0.5) is 0 Å². The largest absolute Gasteiger partial charge is 0.372 e. The van der Waals surface area contributed by atoms with Gasteiger partial charge in [-0.2, -0.15) is 0 Å². The van der Waals surface area contributed by atoms with E-state index in [1.54, 1.807) is 0 Å². The Morgan fingerprint density at radius 3 is 2.79 bits per heavy atom. The van der Waals surface area contributed by atoms with Gasteiger partial charge in [-0.25, -0.2) is 5.06 Å². The van der Waals surface area contributed by atoms with E-state index in [2.05, 4.69) is 38.2 Å². The maximum absolute atomic E-state index is 12.3. The summed E-state index contributed by atoms with van der Waals surface area (Å²) in [5.41, 5.74) is 0.161. The summed E-state index contributed by atoms with van der Waals surface area (Å²) in [4.78, 5) is 24.3. The topological polar surface area (TPSA) is 78.9 Å².